The lowest BCUT2D eigenvalue weighted by atomic mass is 10.1. The number of hydrogen-bond acceptors (Lipinski definition) is 8. The summed E-state index contributed by atoms with van der Waals surface area (Å²) >= 11 is 0. The monoisotopic (exact) mass is 685 g/mol. The summed E-state index contributed by atoms with van der Waals surface area (Å²) in [6, 6.07) is 0.842. The van der Waals surface area contributed by atoms with Gasteiger partial charge in [0, 0.05) is 12.7 Å². The Bertz CT molecular complexity index is 1230. The molecule has 0 aliphatic carbocycles. The molecule has 1 aliphatic heterocycles. The number of aromatic nitrogens is 2. The van der Waals surface area contributed by atoms with Crippen LogP contribution in [0, 0.1) is 0 Å². The van der Waals surface area contributed by atoms with Crippen molar-refractivity contribution in [2.75, 3.05) is 18.1 Å². The minimum Gasteiger partial charge on any atom is -0.480 e. The molecule has 1 aromatic rings. The van der Waals surface area contributed by atoms with Crippen LogP contribution in [0.2, 0.25) is 54.4 Å². The molecule has 13 heteroatoms. The summed E-state index contributed by atoms with van der Waals surface area (Å²) in [5, 5.41) is 9.45. The van der Waals surface area contributed by atoms with E-state index in [1.165, 1.54) is 4.57 Å². The minimum absolute atomic E-state index is 0.00671. The number of carboxylic acids is 1. The van der Waals surface area contributed by atoms with Gasteiger partial charge in [-0.25, -0.2) is 9.59 Å². The minimum atomic E-state index is -2.39. The first kappa shape index (κ1) is 39.8. The fourth-order valence-electron chi connectivity index (χ4n) is 4.40. The lowest BCUT2D eigenvalue weighted by molar-refractivity contribution is -0.138. The van der Waals surface area contributed by atoms with Crippen molar-refractivity contribution in [2.45, 2.75) is 161 Å². The van der Waals surface area contributed by atoms with Crippen LogP contribution in [0.15, 0.2) is 17.1 Å². The standard InChI is InChI=1S/C32H63N3O7Si3/c1-18-34(22(2)28(36)37)24-19-20-35(29(38)33-24)27-26(42-45(16,17)32(9,10)11)25(41-44(14,15)31(6,7)8)23(40-27)21-39-43(12,13)30(3,4)5/h19-20,22-23,25-27H,18,21H2,1-17H3,(H,36,37)/t22?,23-,25-,26-,27-/m1/s1. The molecule has 1 unspecified atom stereocenters. The smallest absolute Gasteiger partial charge is 0.351 e. The zero-order chi connectivity index (χ0) is 35.1. The van der Waals surface area contributed by atoms with E-state index in [1.807, 2.05) is 6.92 Å². The van der Waals surface area contributed by atoms with Gasteiger partial charge in [0.2, 0.25) is 0 Å². The van der Waals surface area contributed by atoms with Crippen molar-refractivity contribution in [3.05, 3.63) is 22.7 Å². The Morgan fingerprint density at radius 2 is 1.40 bits per heavy atom. The van der Waals surface area contributed by atoms with Crippen LogP contribution in [0.1, 0.15) is 82.4 Å². The highest BCUT2D eigenvalue weighted by Crippen LogP contribution is 2.46. The van der Waals surface area contributed by atoms with E-state index in [9.17, 15) is 14.7 Å². The van der Waals surface area contributed by atoms with Crippen LogP contribution in [0.25, 0.3) is 0 Å². The number of anilines is 1. The molecule has 260 valence electrons. The lowest BCUT2D eigenvalue weighted by Gasteiger charge is -2.44. The summed E-state index contributed by atoms with van der Waals surface area (Å²) in [5.41, 5.74) is -0.533. The average Bonchev–Trinajstić information content (AvgIpc) is 3.16. The molecule has 0 aromatic carbocycles. The molecule has 0 bridgehead atoms. The number of likely N-dealkylation sites (N-methyl/N-ethyl adjacent to an activating group) is 1. The summed E-state index contributed by atoms with van der Waals surface area (Å²) in [6.45, 7) is 37.2. The van der Waals surface area contributed by atoms with Gasteiger partial charge in [-0.3, -0.25) is 4.57 Å². The molecule has 0 spiro atoms. The molecule has 1 aliphatic rings. The fourth-order valence-corrected chi connectivity index (χ4v) is 8.02. The largest absolute Gasteiger partial charge is 0.480 e. The summed E-state index contributed by atoms with van der Waals surface area (Å²) < 4.78 is 29.3. The Morgan fingerprint density at radius 1 is 0.933 bits per heavy atom. The Morgan fingerprint density at radius 3 is 1.80 bits per heavy atom. The van der Waals surface area contributed by atoms with E-state index < -0.39 is 67.2 Å². The van der Waals surface area contributed by atoms with Gasteiger partial charge in [-0.1, -0.05) is 62.3 Å². The predicted molar refractivity (Wildman–Crippen MR) is 190 cm³/mol. The third-order valence-electron chi connectivity index (χ3n) is 10.7. The van der Waals surface area contributed by atoms with Crippen LogP contribution in [0.4, 0.5) is 5.82 Å². The van der Waals surface area contributed by atoms with Crippen molar-refractivity contribution in [3.63, 3.8) is 0 Å². The van der Waals surface area contributed by atoms with Gasteiger partial charge in [0.25, 0.3) is 0 Å². The summed E-state index contributed by atoms with van der Waals surface area (Å²) in [4.78, 5) is 31.4. The Labute approximate surface area is 275 Å². The maximum Gasteiger partial charge on any atom is 0.351 e. The molecule has 0 amide bonds. The van der Waals surface area contributed by atoms with Crippen LogP contribution >= 0.6 is 0 Å². The number of nitrogens with zero attached hydrogens (tertiary/aromatic N) is 3. The summed E-state index contributed by atoms with van der Waals surface area (Å²) in [7, 11) is -6.87. The van der Waals surface area contributed by atoms with Crippen LogP contribution in [0.3, 0.4) is 0 Å². The molecule has 2 rings (SSSR count). The van der Waals surface area contributed by atoms with Gasteiger partial charge in [-0.15, -0.1) is 0 Å². The van der Waals surface area contributed by atoms with E-state index in [2.05, 4.69) is 107 Å². The van der Waals surface area contributed by atoms with Crippen LogP contribution in [0.5, 0.6) is 0 Å². The van der Waals surface area contributed by atoms with Crippen molar-refractivity contribution in [2.24, 2.45) is 0 Å². The van der Waals surface area contributed by atoms with Gasteiger partial charge in [-0.05, 0) is 74.3 Å². The molecule has 2 heterocycles. The summed E-state index contributed by atoms with van der Waals surface area (Å²) in [5.74, 6) is -0.680. The van der Waals surface area contributed by atoms with Crippen molar-refractivity contribution in [1.82, 2.24) is 9.55 Å². The molecule has 45 heavy (non-hydrogen) atoms. The molecule has 1 aromatic heterocycles. The maximum absolute atomic E-state index is 13.8. The topological polar surface area (TPSA) is 112 Å². The van der Waals surface area contributed by atoms with Gasteiger partial charge in [0.1, 0.15) is 30.2 Å². The quantitative estimate of drug-likeness (QED) is 0.228. The third-order valence-corrected chi connectivity index (χ3v) is 24.2. The number of carbonyl (C=O) groups is 1. The zero-order valence-corrected chi connectivity index (χ0v) is 34.2. The molecule has 0 saturated carbocycles. The second-order valence-electron chi connectivity index (χ2n) is 17.1. The number of carboxylic acid groups (broad SMARTS) is 1. The molecule has 1 saturated heterocycles. The van der Waals surface area contributed by atoms with Gasteiger partial charge >= 0.3 is 11.7 Å². The molecule has 10 nitrogen and oxygen atoms in total. The molecule has 0 radical (unpaired) electrons. The van der Waals surface area contributed by atoms with Crippen LogP contribution in [-0.2, 0) is 22.8 Å². The van der Waals surface area contributed by atoms with Crippen molar-refractivity contribution < 1.29 is 27.9 Å². The van der Waals surface area contributed by atoms with Crippen LogP contribution in [-0.4, -0.2) is 83.1 Å². The second-order valence-corrected chi connectivity index (χ2v) is 31.4. The normalized spacial score (nSPS) is 22.9. The van der Waals surface area contributed by atoms with E-state index in [1.54, 1.807) is 24.1 Å². The van der Waals surface area contributed by atoms with Gasteiger partial charge in [-0.2, -0.15) is 4.98 Å². The van der Waals surface area contributed by atoms with Crippen molar-refractivity contribution >= 4 is 36.7 Å². The average molecular weight is 686 g/mol. The van der Waals surface area contributed by atoms with Gasteiger partial charge in [0.15, 0.2) is 31.2 Å². The number of hydrogen-bond donors (Lipinski definition) is 1. The Hall–Kier alpha value is -1.36. The highest BCUT2D eigenvalue weighted by molar-refractivity contribution is 6.75. The first-order valence-corrected chi connectivity index (χ1v) is 25.0. The molecule has 5 atom stereocenters. The lowest BCUT2D eigenvalue weighted by Crippen LogP contribution is -2.54. The van der Waals surface area contributed by atoms with Gasteiger partial charge in [0.05, 0.1) is 6.61 Å². The predicted octanol–water partition coefficient (Wildman–Crippen LogP) is 7.24. The molecular weight excluding hydrogens is 623 g/mol. The highest BCUT2D eigenvalue weighted by Gasteiger charge is 2.55. The molecule has 1 N–H and O–H groups in total. The van der Waals surface area contributed by atoms with E-state index in [-0.39, 0.29) is 15.1 Å². The number of ether oxygens (including phenoxy) is 1. The number of aliphatic carboxylic acids is 1. The van der Waals surface area contributed by atoms with Gasteiger partial charge < -0.3 is 28.0 Å². The van der Waals surface area contributed by atoms with E-state index in [0.29, 0.717) is 19.0 Å². The fraction of sp³-hybridized carbons (Fsp3) is 0.844. The van der Waals surface area contributed by atoms with E-state index in [0.717, 1.165) is 0 Å². The second kappa shape index (κ2) is 13.6. The summed E-state index contributed by atoms with van der Waals surface area (Å²) in [6.07, 6.45) is -0.685. The number of rotatable bonds is 12. The Balaban J connectivity index is 2.72. The molecule has 1 fully saturated rings. The first-order valence-electron chi connectivity index (χ1n) is 16.3. The van der Waals surface area contributed by atoms with Crippen molar-refractivity contribution in [1.29, 1.82) is 0 Å². The SMILES string of the molecule is CCN(c1ccn([C@@H]2O[C@H](CO[Si](C)(C)C(C)(C)C)[C@@H](O[Si](C)(C)C(C)(C)C)[C@H]2O[Si](C)(C)C(C)(C)C)c(=O)n1)C(C)C(=O)O. The zero-order valence-electron chi connectivity index (χ0n) is 31.2. The highest BCUT2D eigenvalue weighted by atomic mass is 28.4. The van der Waals surface area contributed by atoms with E-state index in [4.69, 9.17) is 18.0 Å². The van der Waals surface area contributed by atoms with Crippen LogP contribution < -0.4 is 10.6 Å². The molecular formula is C32H63N3O7Si3. The maximum atomic E-state index is 13.8. The van der Waals surface area contributed by atoms with E-state index >= 15 is 0 Å². The van der Waals surface area contributed by atoms with Crippen molar-refractivity contribution in [3.8, 4) is 0 Å². The first-order chi connectivity index (χ1) is 20.1. The third kappa shape index (κ3) is 8.96. The Kier molecular flexibility index (Phi) is 12.1.